The van der Waals surface area contributed by atoms with Crippen LogP contribution < -0.4 is 10.6 Å². The van der Waals surface area contributed by atoms with Gasteiger partial charge in [-0.2, -0.15) is 0 Å². The highest BCUT2D eigenvalue weighted by molar-refractivity contribution is 6.30. The molecule has 7 nitrogen and oxygen atoms in total. The Kier molecular flexibility index (Phi) is 5.62. The lowest BCUT2D eigenvalue weighted by Crippen LogP contribution is -2.22. The molecule has 0 atom stereocenters. The van der Waals surface area contributed by atoms with Crippen LogP contribution in [0.4, 0.5) is 16.3 Å². The summed E-state index contributed by atoms with van der Waals surface area (Å²) >= 11 is 5.97. The number of carbonyl (C=O) groups is 1. The SMILES string of the molecule is CC(C)(C)c1conc1NC(=O)Nc1cccc(C#Cc2cncnc2Cl)c1. The average Bonchev–Trinajstić information content (AvgIpc) is 3.10. The van der Waals surface area contributed by atoms with Gasteiger partial charge >= 0.3 is 6.03 Å². The predicted molar refractivity (Wildman–Crippen MR) is 107 cm³/mol. The van der Waals surface area contributed by atoms with Crippen LogP contribution >= 0.6 is 11.6 Å². The summed E-state index contributed by atoms with van der Waals surface area (Å²) in [6.07, 6.45) is 4.43. The first-order valence-electron chi connectivity index (χ1n) is 8.43. The average molecular weight is 396 g/mol. The largest absolute Gasteiger partial charge is 0.362 e. The second-order valence-corrected chi connectivity index (χ2v) is 7.32. The highest BCUT2D eigenvalue weighted by Crippen LogP contribution is 2.28. The van der Waals surface area contributed by atoms with E-state index < -0.39 is 6.03 Å². The molecule has 28 heavy (non-hydrogen) atoms. The van der Waals surface area contributed by atoms with E-state index in [1.165, 1.54) is 12.6 Å². The smallest absolute Gasteiger partial charge is 0.324 e. The minimum absolute atomic E-state index is 0.208. The lowest BCUT2D eigenvalue weighted by Gasteiger charge is -2.17. The van der Waals surface area contributed by atoms with Crippen molar-refractivity contribution in [3.63, 3.8) is 0 Å². The fraction of sp³-hybridized carbons (Fsp3) is 0.200. The second-order valence-electron chi connectivity index (χ2n) is 6.96. The van der Waals surface area contributed by atoms with Crippen LogP contribution in [0.5, 0.6) is 0 Å². The fourth-order valence-corrected chi connectivity index (χ4v) is 2.48. The van der Waals surface area contributed by atoms with Gasteiger partial charge in [-0.05, 0) is 23.6 Å². The van der Waals surface area contributed by atoms with Crippen LogP contribution in [0.25, 0.3) is 0 Å². The Morgan fingerprint density at radius 1 is 1.21 bits per heavy atom. The Labute approximate surface area is 167 Å². The Hall–Kier alpha value is -3.37. The molecular weight excluding hydrogens is 378 g/mol. The van der Waals surface area contributed by atoms with Gasteiger partial charge in [0.15, 0.2) is 5.82 Å². The molecule has 8 heteroatoms. The van der Waals surface area contributed by atoms with Crippen molar-refractivity contribution in [3.05, 3.63) is 64.9 Å². The van der Waals surface area contributed by atoms with Gasteiger partial charge in [0.25, 0.3) is 0 Å². The highest BCUT2D eigenvalue weighted by Gasteiger charge is 2.22. The maximum Gasteiger partial charge on any atom is 0.324 e. The molecular formula is C20H18ClN5O2. The van der Waals surface area contributed by atoms with Crippen LogP contribution in [0.15, 0.2) is 47.6 Å². The second kappa shape index (κ2) is 8.11. The van der Waals surface area contributed by atoms with E-state index in [4.69, 9.17) is 16.1 Å². The van der Waals surface area contributed by atoms with Crippen molar-refractivity contribution in [2.45, 2.75) is 26.2 Å². The van der Waals surface area contributed by atoms with Gasteiger partial charge in [-0.15, -0.1) is 0 Å². The van der Waals surface area contributed by atoms with Gasteiger partial charge in [0.05, 0.1) is 5.56 Å². The van der Waals surface area contributed by atoms with Crippen LogP contribution in [-0.2, 0) is 5.41 Å². The maximum atomic E-state index is 12.3. The molecule has 3 rings (SSSR count). The van der Waals surface area contributed by atoms with Crippen LogP contribution in [-0.4, -0.2) is 21.2 Å². The third-order valence-corrected chi connectivity index (χ3v) is 4.04. The third kappa shape index (κ3) is 4.87. The van der Waals surface area contributed by atoms with Crippen molar-refractivity contribution in [2.24, 2.45) is 0 Å². The summed E-state index contributed by atoms with van der Waals surface area (Å²) in [6, 6.07) is 6.70. The maximum absolute atomic E-state index is 12.3. The number of hydrogen-bond donors (Lipinski definition) is 2. The molecule has 2 heterocycles. The Bertz CT molecular complexity index is 1060. The van der Waals surface area contributed by atoms with Crippen molar-refractivity contribution < 1.29 is 9.32 Å². The van der Waals surface area contributed by atoms with Gasteiger partial charge < -0.3 is 9.84 Å². The molecule has 2 amide bonds. The molecule has 1 aromatic carbocycles. The van der Waals surface area contributed by atoms with Gasteiger partial charge in [0.2, 0.25) is 0 Å². The molecule has 0 unspecified atom stereocenters. The molecule has 0 saturated heterocycles. The van der Waals surface area contributed by atoms with Crippen molar-refractivity contribution >= 4 is 29.1 Å². The lowest BCUT2D eigenvalue weighted by atomic mass is 9.89. The molecule has 0 spiro atoms. The minimum Gasteiger partial charge on any atom is -0.362 e. The molecule has 2 N–H and O–H groups in total. The zero-order chi connectivity index (χ0) is 20.1. The van der Waals surface area contributed by atoms with Crippen LogP contribution in [0.3, 0.4) is 0 Å². The summed E-state index contributed by atoms with van der Waals surface area (Å²) in [5, 5.41) is 9.61. The zero-order valence-electron chi connectivity index (χ0n) is 15.6. The quantitative estimate of drug-likeness (QED) is 0.493. The molecule has 0 aliphatic heterocycles. The number of carbonyl (C=O) groups excluding carboxylic acids is 1. The standard InChI is InChI=1S/C20H18ClN5O2/c1-20(2,3)16-11-28-26-18(16)25-19(27)24-15-6-4-5-13(9-15)7-8-14-10-22-12-23-17(14)21/h4-6,9-12H,1-3H3,(H2,24,25,26,27). The van der Waals surface area contributed by atoms with E-state index >= 15 is 0 Å². The van der Waals surface area contributed by atoms with Gasteiger partial charge in [0.1, 0.15) is 17.7 Å². The highest BCUT2D eigenvalue weighted by atomic mass is 35.5. The molecule has 0 radical (unpaired) electrons. The third-order valence-electron chi connectivity index (χ3n) is 3.74. The number of nitrogens with one attached hydrogen (secondary N) is 2. The van der Waals surface area contributed by atoms with Crippen LogP contribution in [0.1, 0.15) is 37.5 Å². The molecule has 0 bridgehead atoms. The number of amides is 2. The first kappa shape index (κ1) is 19.4. The van der Waals surface area contributed by atoms with E-state index in [9.17, 15) is 4.79 Å². The number of hydrogen-bond acceptors (Lipinski definition) is 5. The van der Waals surface area contributed by atoms with Crippen molar-refractivity contribution in [1.29, 1.82) is 0 Å². The van der Waals surface area contributed by atoms with Gasteiger partial charge in [-0.25, -0.2) is 14.8 Å². The topological polar surface area (TPSA) is 92.9 Å². The summed E-state index contributed by atoms with van der Waals surface area (Å²) in [4.78, 5) is 20.1. The Morgan fingerprint density at radius 3 is 2.79 bits per heavy atom. The number of aromatic nitrogens is 3. The van der Waals surface area contributed by atoms with Crippen molar-refractivity contribution in [1.82, 2.24) is 15.1 Å². The number of halogens is 1. The Morgan fingerprint density at radius 2 is 2.04 bits per heavy atom. The Balaban J connectivity index is 1.71. The van der Waals surface area contributed by atoms with Gasteiger partial charge in [-0.1, -0.05) is 55.4 Å². The molecule has 0 aliphatic carbocycles. The van der Waals surface area contributed by atoms with Crippen LogP contribution in [0, 0.1) is 11.8 Å². The lowest BCUT2D eigenvalue weighted by molar-refractivity contribution is 0.262. The summed E-state index contributed by atoms with van der Waals surface area (Å²) in [7, 11) is 0. The van der Waals surface area contributed by atoms with E-state index in [-0.39, 0.29) is 5.41 Å². The summed E-state index contributed by atoms with van der Waals surface area (Å²) < 4.78 is 4.99. The van der Waals surface area contributed by atoms with E-state index in [1.807, 2.05) is 26.8 Å². The predicted octanol–water partition coefficient (Wildman–Crippen LogP) is 4.46. The summed E-state index contributed by atoms with van der Waals surface area (Å²) in [6.45, 7) is 6.03. The van der Waals surface area contributed by atoms with E-state index in [1.54, 1.807) is 24.4 Å². The van der Waals surface area contributed by atoms with Gasteiger partial charge in [-0.3, -0.25) is 5.32 Å². The normalized spacial score (nSPS) is 10.7. The first-order chi connectivity index (χ1) is 13.3. The molecule has 3 aromatic rings. The molecule has 0 aliphatic rings. The number of nitrogens with zero attached hydrogens (tertiary/aromatic N) is 3. The van der Waals surface area contributed by atoms with E-state index in [0.717, 1.165) is 5.56 Å². The molecule has 142 valence electrons. The minimum atomic E-state index is -0.427. The molecule has 0 saturated carbocycles. The summed E-state index contributed by atoms with van der Waals surface area (Å²) in [5.74, 6) is 6.28. The van der Waals surface area contributed by atoms with E-state index in [0.29, 0.717) is 27.8 Å². The van der Waals surface area contributed by atoms with Crippen LogP contribution in [0.2, 0.25) is 5.15 Å². The van der Waals surface area contributed by atoms with E-state index in [2.05, 4.69) is 37.6 Å². The molecule has 2 aromatic heterocycles. The van der Waals surface area contributed by atoms with Crippen molar-refractivity contribution in [2.75, 3.05) is 10.6 Å². The number of rotatable bonds is 2. The van der Waals surface area contributed by atoms with Crippen molar-refractivity contribution in [3.8, 4) is 11.8 Å². The molecule has 0 fully saturated rings. The summed E-state index contributed by atoms with van der Waals surface area (Å²) in [5.41, 5.74) is 2.42. The number of benzene rings is 1. The number of anilines is 2. The van der Waals surface area contributed by atoms with Gasteiger partial charge in [0, 0.05) is 23.0 Å². The first-order valence-corrected chi connectivity index (χ1v) is 8.81. The monoisotopic (exact) mass is 395 g/mol. The zero-order valence-corrected chi connectivity index (χ0v) is 16.3. The fourth-order valence-electron chi connectivity index (χ4n) is 2.34. The number of urea groups is 1.